The van der Waals surface area contributed by atoms with Gasteiger partial charge in [-0.05, 0) is 100 Å². The van der Waals surface area contributed by atoms with Crippen molar-refractivity contribution in [2.45, 2.75) is 88.7 Å². The van der Waals surface area contributed by atoms with Crippen molar-refractivity contribution in [1.82, 2.24) is 0 Å². The highest BCUT2D eigenvalue weighted by Gasteiger charge is 2.43. The molecule has 0 nitrogen and oxygen atoms in total. The topological polar surface area (TPSA) is 0 Å². The Kier molecular flexibility index (Phi) is 6.31. The number of halogens is 2. The third kappa shape index (κ3) is 4.07. The first-order valence-corrected chi connectivity index (χ1v) is 11.2. The molecular formula is C20H34F2S. The molecule has 3 saturated carbocycles. The molecule has 4 unspecified atom stereocenters. The number of alkyl halides is 2. The van der Waals surface area contributed by atoms with Crippen molar-refractivity contribution in [3.05, 3.63) is 0 Å². The first-order chi connectivity index (χ1) is 11.1. The van der Waals surface area contributed by atoms with E-state index in [2.05, 4.69) is 6.26 Å². The number of hydrogen-bond donors (Lipinski definition) is 0. The van der Waals surface area contributed by atoms with Crippen LogP contribution in [0.1, 0.15) is 71.1 Å². The Labute approximate surface area is 145 Å². The maximum Gasteiger partial charge on any atom is 0.134 e. The summed E-state index contributed by atoms with van der Waals surface area (Å²) in [5, 5.41) is 0.889. The fourth-order valence-electron chi connectivity index (χ4n) is 5.66. The molecule has 0 amide bonds. The lowest BCUT2D eigenvalue weighted by molar-refractivity contribution is -0.00957. The summed E-state index contributed by atoms with van der Waals surface area (Å²) in [6.07, 6.45) is 12.1. The molecule has 0 N–H and O–H groups in total. The molecule has 4 atom stereocenters. The van der Waals surface area contributed by atoms with E-state index in [0.717, 1.165) is 42.8 Å². The molecule has 0 aromatic rings. The minimum Gasteiger partial charge on any atom is -0.244 e. The van der Waals surface area contributed by atoms with Gasteiger partial charge in [0.2, 0.25) is 0 Å². The summed E-state index contributed by atoms with van der Waals surface area (Å²) in [5.74, 6) is 2.17. The predicted octanol–water partition coefficient (Wildman–Crippen LogP) is 6.44. The third-order valence-corrected chi connectivity index (χ3v) is 8.49. The first-order valence-electron chi connectivity index (χ1n) is 9.91. The average Bonchev–Trinajstić information content (AvgIpc) is 2.60. The SMILES string of the molecule is CSC1CCC(C2CCC(C3CCC(C)C(F)C3F)CC2)CC1. The predicted molar refractivity (Wildman–Crippen MR) is 96.4 cm³/mol. The fourth-order valence-corrected chi connectivity index (χ4v) is 6.40. The lowest BCUT2D eigenvalue weighted by Crippen LogP contribution is -2.41. The molecule has 0 radical (unpaired) electrons. The quantitative estimate of drug-likeness (QED) is 0.568. The molecule has 0 saturated heterocycles. The molecular weight excluding hydrogens is 310 g/mol. The van der Waals surface area contributed by atoms with Gasteiger partial charge in [0.1, 0.15) is 12.3 Å². The highest BCUT2D eigenvalue weighted by atomic mass is 32.2. The Hall–Kier alpha value is 0.210. The zero-order valence-electron chi connectivity index (χ0n) is 14.9. The molecule has 3 aliphatic carbocycles. The zero-order valence-corrected chi connectivity index (χ0v) is 15.7. The van der Waals surface area contributed by atoms with Gasteiger partial charge in [-0.1, -0.05) is 6.92 Å². The van der Waals surface area contributed by atoms with Crippen LogP contribution in [-0.2, 0) is 0 Å². The minimum absolute atomic E-state index is 0.00868. The molecule has 3 heteroatoms. The van der Waals surface area contributed by atoms with Gasteiger partial charge in [0, 0.05) is 5.25 Å². The van der Waals surface area contributed by atoms with Crippen LogP contribution in [-0.4, -0.2) is 23.8 Å². The molecule has 0 aromatic carbocycles. The van der Waals surface area contributed by atoms with Crippen LogP contribution >= 0.6 is 11.8 Å². The van der Waals surface area contributed by atoms with Crippen LogP contribution in [0.3, 0.4) is 0 Å². The van der Waals surface area contributed by atoms with Gasteiger partial charge in [0.15, 0.2) is 0 Å². The Morgan fingerprint density at radius 1 is 0.652 bits per heavy atom. The monoisotopic (exact) mass is 344 g/mol. The molecule has 0 spiro atoms. The summed E-state index contributed by atoms with van der Waals surface area (Å²) >= 11 is 2.04. The van der Waals surface area contributed by atoms with Gasteiger partial charge in [-0.25, -0.2) is 8.78 Å². The summed E-state index contributed by atoms with van der Waals surface area (Å²) in [5.41, 5.74) is 0. The van der Waals surface area contributed by atoms with Crippen molar-refractivity contribution >= 4 is 11.8 Å². The van der Waals surface area contributed by atoms with E-state index in [9.17, 15) is 8.78 Å². The lowest BCUT2D eigenvalue weighted by atomic mass is 9.65. The largest absolute Gasteiger partial charge is 0.244 e. The van der Waals surface area contributed by atoms with E-state index in [1.54, 1.807) is 0 Å². The zero-order chi connectivity index (χ0) is 16.4. The van der Waals surface area contributed by atoms with Gasteiger partial charge in [0.05, 0.1) is 0 Å². The van der Waals surface area contributed by atoms with Crippen molar-refractivity contribution in [1.29, 1.82) is 0 Å². The van der Waals surface area contributed by atoms with Crippen molar-refractivity contribution in [2.24, 2.45) is 29.6 Å². The summed E-state index contributed by atoms with van der Waals surface area (Å²) < 4.78 is 28.5. The standard InChI is InChI=1S/C20H34F2S/c1-13-3-12-18(20(22)19(13)21)16-6-4-14(5-7-16)15-8-10-17(23-2)11-9-15/h13-20H,3-12H2,1-2H3. The van der Waals surface area contributed by atoms with Gasteiger partial charge in [-0.3, -0.25) is 0 Å². The summed E-state index contributed by atoms with van der Waals surface area (Å²) in [7, 11) is 0. The number of rotatable bonds is 3. The van der Waals surface area contributed by atoms with E-state index in [0.29, 0.717) is 5.92 Å². The van der Waals surface area contributed by atoms with E-state index in [1.165, 1.54) is 38.5 Å². The van der Waals surface area contributed by atoms with Gasteiger partial charge < -0.3 is 0 Å². The number of thioether (sulfide) groups is 1. The smallest absolute Gasteiger partial charge is 0.134 e. The van der Waals surface area contributed by atoms with E-state index in [4.69, 9.17) is 0 Å². The third-order valence-electron chi connectivity index (χ3n) is 7.35. The molecule has 23 heavy (non-hydrogen) atoms. The maximum atomic E-state index is 14.4. The van der Waals surface area contributed by atoms with Crippen molar-refractivity contribution in [3.63, 3.8) is 0 Å². The highest BCUT2D eigenvalue weighted by Crippen LogP contribution is 2.47. The van der Waals surface area contributed by atoms with Gasteiger partial charge >= 0.3 is 0 Å². The van der Waals surface area contributed by atoms with E-state index in [-0.39, 0.29) is 11.8 Å². The molecule has 0 aliphatic heterocycles. The van der Waals surface area contributed by atoms with Crippen LogP contribution in [0.25, 0.3) is 0 Å². The lowest BCUT2D eigenvalue weighted by Gasteiger charge is -2.43. The van der Waals surface area contributed by atoms with Gasteiger partial charge in [-0.2, -0.15) is 11.8 Å². The molecule has 0 aromatic heterocycles. The second-order valence-electron chi connectivity index (χ2n) is 8.55. The Morgan fingerprint density at radius 2 is 1.17 bits per heavy atom. The second kappa shape index (κ2) is 8.06. The minimum atomic E-state index is -1.21. The van der Waals surface area contributed by atoms with E-state index >= 15 is 0 Å². The Morgan fingerprint density at radius 3 is 1.74 bits per heavy atom. The van der Waals surface area contributed by atoms with Gasteiger partial charge in [0.25, 0.3) is 0 Å². The van der Waals surface area contributed by atoms with Crippen molar-refractivity contribution in [3.8, 4) is 0 Å². The Bertz CT molecular complexity index is 359. The molecule has 3 fully saturated rings. The van der Waals surface area contributed by atoms with Crippen molar-refractivity contribution < 1.29 is 8.78 Å². The summed E-state index contributed by atoms with van der Waals surface area (Å²) in [4.78, 5) is 0. The first kappa shape index (κ1) is 18.0. The molecule has 0 heterocycles. The maximum absolute atomic E-state index is 14.4. The van der Waals surface area contributed by atoms with E-state index < -0.39 is 12.3 Å². The van der Waals surface area contributed by atoms with Crippen LogP contribution in [0.2, 0.25) is 0 Å². The van der Waals surface area contributed by atoms with Crippen LogP contribution in [0.15, 0.2) is 0 Å². The molecule has 134 valence electrons. The highest BCUT2D eigenvalue weighted by molar-refractivity contribution is 7.99. The van der Waals surface area contributed by atoms with Crippen LogP contribution in [0.4, 0.5) is 8.78 Å². The summed E-state index contributed by atoms with van der Waals surface area (Å²) in [6, 6.07) is 0. The van der Waals surface area contributed by atoms with Gasteiger partial charge in [-0.15, -0.1) is 0 Å². The van der Waals surface area contributed by atoms with E-state index in [1.807, 2.05) is 18.7 Å². The fraction of sp³-hybridized carbons (Fsp3) is 1.00. The van der Waals surface area contributed by atoms with Crippen molar-refractivity contribution in [2.75, 3.05) is 6.26 Å². The second-order valence-corrected chi connectivity index (χ2v) is 9.69. The number of hydrogen-bond acceptors (Lipinski definition) is 1. The Balaban J connectivity index is 1.47. The molecule has 3 aliphatic rings. The molecule has 3 rings (SSSR count). The van der Waals surface area contributed by atoms with Crippen LogP contribution < -0.4 is 0 Å². The normalized spacial score (nSPS) is 49.0. The molecule has 0 bridgehead atoms. The average molecular weight is 345 g/mol. The van der Waals surface area contributed by atoms with Crippen LogP contribution in [0.5, 0.6) is 0 Å². The summed E-state index contributed by atoms with van der Waals surface area (Å²) in [6.45, 7) is 1.87. The van der Waals surface area contributed by atoms with Crippen LogP contribution in [0, 0.1) is 29.6 Å².